The van der Waals surface area contributed by atoms with Crippen LogP contribution in [-0.2, 0) is 0 Å². The number of nitrogen functional groups attached to an aromatic ring is 1. The van der Waals surface area contributed by atoms with Gasteiger partial charge in [-0.05, 0) is 37.5 Å². The van der Waals surface area contributed by atoms with Gasteiger partial charge in [0.1, 0.15) is 5.82 Å². The first-order valence-electron chi connectivity index (χ1n) is 6.42. The molecule has 5 nitrogen and oxygen atoms in total. The van der Waals surface area contributed by atoms with Crippen LogP contribution in [0.25, 0.3) is 11.3 Å². The summed E-state index contributed by atoms with van der Waals surface area (Å²) < 4.78 is 11.3. The van der Waals surface area contributed by atoms with Gasteiger partial charge in [-0.25, -0.2) is 0 Å². The molecule has 100 valence electrons. The minimum absolute atomic E-state index is 0.336. The fourth-order valence-electron chi connectivity index (χ4n) is 2.09. The van der Waals surface area contributed by atoms with E-state index < -0.39 is 0 Å². The Morgan fingerprint density at radius 3 is 2.68 bits per heavy atom. The van der Waals surface area contributed by atoms with Crippen molar-refractivity contribution in [3.05, 3.63) is 24.3 Å². The van der Waals surface area contributed by atoms with Gasteiger partial charge in [0.05, 0.1) is 18.9 Å². The van der Waals surface area contributed by atoms with Crippen LogP contribution in [0.3, 0.4) is 0 Å². The summed E-state index contributed by atoms with van der Waals surface area (Å²) >= 11 is 0. The summed E-state index contributed by atoms with van der Waals surface area (Å²) in [5.41, 5.74) is 7.45. The van der Waals surface area contributed by atoms with E-state index in [1.165, 1.54) is 6.42 Å². The lowest BCUT2D eigenvalue weighted by Gasteiger charge is -2.27. The van der Waals surface area contributed by atoms with Gasteiger partial charge in [-0.1, -0.05) is 0 Å². The highest BCUT2D eigenvalue weighted by molar-refractivity contribution is 5.65. The van der Waals surface area contributed by atoms with E-state index in [2.05, 4.69) is 10.2 Å². The number of hydrogen-bond donors (Lipinski definition) is 2. The zero-order chi connectivity index (χ0) is 13.2. The third kappa shape index (κ3) is 2.36. The molecular formula is C14H17N3O2. The second kappa shape index (κ2) is 4.84. The molecule has 1 aromatic carbocycles. The lowest BCUT2D eigenvalue weighted by atomic mass is 9.96. The first-order valence-corrected chi connectivity index (χ1v) is 6.42. The Hall–Kier alpha value is -2.17. The molecule has 1 aliphatic rings. The number of anilines is 1. The molecule has 1 saturated carbocycles. The van der Waals surface area contributed by atoms with Crippen molar-refractivity contribution < 1.29 is 9.47 Å². The summed E-state index contributed by atoms with van der Waals surface area (Å²) in [5.74, 6) is 2.00. The topological polar surface area (TPSA) is 73.2 Å². The largest absolute Gasteiger partial charge is 0.493 e. The van der Waals surface area contributed by atoms with Gasteiger partial charge in [0.25, 0.3) is 0 Å². The van der Waals surface area contributed by atoms with Crippen LogP contribution in [0.4, 0.5) is 5.82 Å². The third-order valence-electron chi connectivity index (χ3n) is 3.42. The van der Waals surface area contributed by atoms with E-state index in [9.17, 15) is 0 Å². The first-order chi connectivity index (χ1) is 9.26. The molecule has 1 aliphatic carbocycles. The van der Waals surface area contributed by atoms with E-state index in [0.29, 0.717) is 11.9 Å². The molecule has 0 saturated heterocycles. The normalized spacial score (nSPS) is 15.0. The third-order valence-corrected chi connectivity index (χ3v) is 3.42. The van der Waals surface area contributed by atoms with Gasteiger partial charge in [-0.15, -0.1) is 0 Å². The van der Waals surface area contributed by atoms with Crippen molar-refractivity contribution in [2.45, 2.75) is 25.4 Å². The predicted octanol–water partition coefficient (Wildman–Crippen LogP) is 2.60. The fraction of sp³-hybridized carbons (Fsp3) is 0.357. The number of rotatable bonds is 4. The zero-order valence-corrected chi connectivity index (χ0v) is 10.8. The Kier molecular flexibility index (Phi) is 3.03. The molecule has 3 rings (SSSR count). The molecule has 0 atom stereocenters. The lowest BCUT2D eigenvalue weighted by Crippen LogP contribution is -2.24. The quantitative estimate of drug-likeness (QED) is 0.885. The number of H-pyrrole nitrogens is 1. The second-order valence-corrected chi connectivity index (χ2v) is 4.74. The maximum Gasteiger partial charge on any atom is 0.161 e. The minimum Gasteiger partial charge on any atom is -0.493 e. The monoisotopic (exact) mass is 259 g/mol. The Morgan fingerprint density at radius 1 is 1.26 bits per heavy atom. The van der Waals surface area contributed by atoms with Crippen molar-refractivity contribution in [2.75, 3.05) is 12.8 Å². The molecule has 0 amide bonds. The van der Waals surface area contributed by atoms with Crippen LogP contribution < -0.4 is 15.2 Å². The summed E-state index contributed by atoms with van der Waals surface area (Å²) in [6.45, 7) is 0. The Bertz CT molecular complexity index is 576. The molecule has 0 bridgehead atoms. The van der Waals surface area contributed by atoms with Crippen LogP contribution in [0, 0.1) is 0 Å². The number of aromatic amines is 1. The standard InChI is InChI=1S/C14H17N3O2/c1-18-13-7-9(11-8-14(15)17-16-11)5-6-12(13)19-10-3-2-4-10/h5-8,10H,2-4H2,1H3,(H3,15,16,17). The lowest BCUT2D eigenvalue weighted by molar-refractivity contribution is 0.116. The summed E-state index contributed by atoms with van der Waals surface area (Å²) in [7, 11) is 1.65. The van der Waals surface area contributed by atoms with Crippen molar-refractivity contribution in [1.29, 1.82) is 0 Å². The number of nitrogens with one attached hydrogen (secondary N) is 1. The van der Waals surface area contributed by atoms with E-state index in [0.717, 1.165) is 35.6 Å². The van der Waals surface area contributed by atoms with Crippen molar-refractivity contribution in [1.82, 2.24) is 10.2 Å². The molecule has 2 aromatic rings. The Morgan fingerprint density at radius 2 is 2.11 bits per heavy atom. The number of nitrogens with zero attached hydrogens (tertiary/aromatic N) is 1. The van der Waals surface area contributed by atoms with Gasteiger partial charge < -0.3 is 15.2 Å². The van der Waals surface area contributed by atoms with E-state index >= 15 is 0 Å². The molecule has 1 aromatic heterocycles. The molecule has 19 heavy (non-hydrogen) atoms. The van der Waals surface area contributed by atoms with Crippen molar-refractivity contribution >= 4 is 5.82 Å². The number of benzene rings is 1. The van der Waals surface area contributed by atoms with Gasteiger partial charge >= 0.3 is 0 Å². The van der Waals surface area contributed by atoms with Gasteiger partial charge in [0.15, 0.2) is 11.5 Å². The van der Waals surface area contributed by atoms with Gasteiger partial charge in [0.2, 0.25) is 0 Å². The maximum atomic E-state index is 5.89. The maximum absolute atomic E-state index is 5.89. The van der Waals surface area contributed by atoms with E-state index in [1.807, 2.05) is 18.2 Å². The smallest absolute Gasteiger partial charge is 0.161 e. The second-order valence-electron chi connectivity index (χ2n) is 4.74. The molecule has 0 radical (unpaired) electrons. The molecule has 5 heteroatoms. The zero-order valence-electron chi connectivity index (χ0n) is 10.8. The van der Waals surface area contributed by atoms with E-state index in [4.69, 9.17) is 15.2 Å². The Labute approximate surface area is 111 Å². The molecule has 3 N–H and O–H groups in total. The molecule has 1 fully saturated rings. The molecule has 0 aliphatic heterocycles. The number of ether oxygens (including phenoxy) is 2. The van der Waals surface area contributed by atoms with Crippen molar-refractivity contribution in [2.24, 2.45) is 0 Å². The minimum atomic E-state index is 0.336. The van der Waals surface area contributed by atoms with Crippen LogP contribution in [0.15, 0.2) is 24.3 Å². The fourth-order valence-corrected chi connectivity index (χ4v) is 2.09. The molecule has 1 heterocycles. The van der Waals surface area contributed by atoms with E-state index in [-0.39, 0.29) is 0 Å². The van der Waals surface area contributed by atoms with Crippen LogP contribution in [-0.4, -0.2) is 23.4 Å². The summed E-state index contributed by atoms with van der Waals surface area (Å²) in [5, 5.41) is 6.81. The Balaban J connectivity index is 1.87. The van der Waals surface area contributed by atoms with Gasteiger partial charge in [0, 0.05) is 11.6 Å². The summed E-state index contributed by atoms with van der Waals surface area (Å²) in [4.78, 5) is 0. The van der Waals surface area contributed by atoms with Crippen LogP contribution >= 0.6 is 0 Å². The average Bonchev–Trinajstić information content (AvgIpc) is 2.80. The van der Waals surface area contributed by atoms with Gasteiger partial charge in [-0.3, -0.25) is 5.10 Å². The van der Waals surface area contributed by atoms with Crippen LogP contribution in [0.1, 0.15) is 19.3 Å². The number of nitrogens with two attached hydrogens (primary N) is 1. The predicted molar refractivity (Wildman–Crippen MR) is 73.3 cm³/mol. The van der Waals surface area contributed by atoms with Crippen LogP contribution in [0.2, 0.25) is 0 Å². The highest BCUT2D eigenvalue weighted by Crippen LogP contribution is 2.35. The molecule has 0 unspecified atom stereocenters. The average molecular weight is 259 g/mol. The highest BCUT2D eigenvalue weighted by atomic mass is 16.5. The first kappa shape index (κ1) is 11.9. The van der Waals surface area contributed by atoms with Crippen LogP contribution in [0.5, 0.6) is 11.5 Å². The van der Waals surface area contributed by atoms with Gasteiger partial charge in [-0.2, -0.15) is 5.10 Å². The molecular weight excluding hydrogens is 242 g/mol. The number of hydrogen-bond acceptors (Lipinski definition) is 4. The summed E-state index contributed by atoms with van der Waals surface area (Å²) in [6, 6.07) is 7.63. The van der Waals surface area contributed by atoms with Crippen molar-refractivity contribution in [3.63, 3.8) is 0 Å². The number of aromatic nitrogens is 2. The number of methoxy groups -OCH3 is 1. The molecule has 0 spiro atoms. The van der Waals surface area contributed by atoms with Crippen molar-refractivity contribution in [3.8, 4) is 22.8 Å². The summed E-state index contributed by atoms with van der Waals surface area (Å²) in [6.07, 6.45) is 3.84. The van der Waals surface area contributed by atoms with E-state index in [1.54, 1.807) is 13.2 Å². The highest BCUT2D eigenvalue weighted by Gasteiger charge is 2.21. The SMILES string of the molecule is COc1cc(-c2cc(N)n[nH]2)ccc1OC1CCC1.